The molecule has 0 spiro atoms. The number of cyclic esters (lactones) is 1. The summed E-state index contributed by atoms with van der Waals surface area (Å²) >= 11 is 0. The fourth-order valence-electron chi connectivity index (χ4n) is 2.72. The molecule has 0 bridgehead atoms. The minimum Gasteiger partial charge on any atom is -0.441 e. The van der Waals surface area contributed by atoms with Gasteiger partial charge in [0.25, 0.3) is 10.1 Å². The third-order valence-corrected chi connectivity index (χ3v) is 4.45. The maximum Gasteiger partial charge on any atom is 0.414 e. The summed E-state index contributed by atoms with van der Waals surface area (Å²) in [5.74, 6) is 0. The van der Waals surface area contributed by atoms with Crippen molar-refractivity contribution in [2.24, 2.45) is 0 Å². The molecule has 0 unspecified atom stereocenters. The Hall–Kier alpha value is -1.91. The van der Waals surface area contributed by atoms with E-state index in [0.29, 0.717) is 24.5 Å². The first-order valence-corrected chi connectivity index (χ1v) is 9.56. The van der Waals surface area contributed by atoms with Crippen LogP contribution in [0.25, 0.3) is 0 Å². The fraction of sp³-hybridized carbons (Fsp3) is 0.533. The molecule has 0 radical (unpaired) electrons. The van der Waals surface area contributed by atoms with E-state index in [4.69, 9.17) is 9.47 Å². The van der Waals surface area contributed by atoms with Crippen LogP contribution in [0.1, 0.15) is 0 Å². The van der Waals surface area contributed by atoms with Gasteiger partial charge in [-0.2, -0.15) is 8.42 Å². The van der Waals surface area contributed by atoms with Gasteiger partial charge in [0.2, 0.25) is 0 Å². The minimum atomic E-state index is -3.61. The predicted molar refractivity (Wildman–Crippen MR) is 87.9 cm³/mol. The quantitative estimate of drug-likeness (QED) is 0.564. The summed E-state index contributed by atoms with van der Waals surface area (Å²) in [5.41, 5.74) is 1.18. The van der Waals surface area contributed by atoms with Gasteiger partial charge in [0.1, 0.15) is 12.7 Å². The third-order valence-electron chi connectivity index (χ3n) is 3.89. The molecule has 3 rings (SSSR count). The lowest BCUT2D eigenvalue weighted by Crippen LogP contribution is -2.43. The average Bonchev–Trinajstić information content (AvgIpc) is 2.94. The zero-order valence-electron chi connectivity index (χ0n) is 13.6. The van der Waals surface area contributed by atoms with Crippen LogP contribution >= 0.6 is 0 Å². The number of hydrogen-bond acceptors (Lipinski definition) is 7. The standard InChI is InChI=1S/C15H19FN2O6S/c1-25(20,21)23-9-13-8-18(15(19)24-13)12-4-2-3-11(7-12)17-5-6-22-10-14(17)16/h2-4,7,13-14H,5-6,8-10H2,1H3/t13-,14+/m1/s1. The number of benzene rings is 1. The lowest BCUT2D eigenvalue weighted by Gasteiger charge is -2.32. The van der Waals surface area contributed by atoms with E-state index >= 15 is 0 Å². The topological polar surface area (TPSA) is 85.4 Å². The first-order chi connectivity index (χ1) is 11.8. The summed E-state index contributed by atoms with van der Waals surface area (Å²) in [6, 6.07) is 6.88. The normalized spacial score (nSPS) is 24.5. The van der Waals surface area contributed by atoms with Gasteiger partial charge in [0, 0.05) is 17.9 Å². The van der Waals surface area contributed by atoms with E-state index < -0.39 is 28.6 Å². The SMILES string of the molecule is CS(=O)(=O)OC[C@H]1CN(c2cccc(N3CCOC[C@H]3F)c2)C(=O)O1. The van der Waals surface area contributed by atoms with Crippen LogP contribution in [0.15, 0.2) is 24.3 Å². The van der Waals surface area contributed by atoms with Crippen LogP contribution in [-0.4, -0.2) is 66.1 Å². The molecule has 2 atom stereocenters. The average molecular weight is 374 g/mol. The molecule has 2 aliphatic heterocycles. The van der Waals surface area contributed by atoms with Gasteiger partial charge in [-0.25, -0.2) is 9.18 Å². The maximum absolute atomic E-state index is 14.0. The van der Waals surface area contributed by atoms with E-state index in [2.05, 4.69) is 4.18 Å². The minimum absolute atomic E-state index is 0.000881. The third kappa shape index (κ3) is 4.39. The summed E-state index contributed by atoms with van der Waals surface area (Å²) in [5, 5.41) is 0. The van der Waals surface area contributed by atoms with Gasteiger partial charge in [-0.05, 0) is 18.2 Å². The molecule has 2 fully saturated rings. The van der Waals surface area contributed by atoms with Crippen molar-refractivity contribution in [2.75, 3.05) is 49.0 Å². The highest BCUT2D eigenvalue weighted by atomic mass is 32.2. The van der Waals surface area contributed by atoms with Crippen LogP contribution in [0.2, 0.25) is 0 Å². The molecular weight excluding hydrogens is 355 g/mol. The summed E-state index contributed by atoms with van der Waals surface area (Å²) in [6.45, 7) is 0.763. The Balaban J connectivity index is 1.71. The smallest absolute Gasteiger partial charge is 0.414 e. The molecule has 8 nitrogen and oxygen atoms in total. The fourth-order valence-corrected chi connectivity index (χ4v) is 3.12. The molecule has 10 heteroatoms. The Morgan fingerprint density at radius 3 is 2.84 bits per heavy atom. The summed E-state index contributed by atoms with van der Waals surface area (Å²) < 4.78 is 51.0. The largest absolute Gasteiger partial charge is 0.441 e. The van der Waals surface area contributed by atoms with Gasteiger partial charge < -0.3 is 14.4 Å². The molecule has 1 amide bonds. The van der Waals surface area contributed by atoms with E-state index in [1.54, 1.807) is 29.2 Å². The Labute approximate surface area is 145 Å². The zero-order valence-corrected chi connectivity index (χ0v) is 14.4. The summed E-state index contributed by atoms with van der Waals surface area (Å²) in [6.07, 6.45) is -1.60. The van der Waals surface area contributed by atoms with Crippen molar-refractivity contribution >= 4 is 27.6 Å². The molecule has 25 heavy (non-hydrogen) atoms. The van der Waals surface area contributed by atoms with E-state index in [0.717, 1.165) is 6.26 Å². The van der Waals surface area contributed by atoms with E-state index in [1.165, 1.54) is 4.90 Å². The molecule has 2 aliphatic rings. The van der Waals surface area contributed by atoms with Crippen LogP contribution in [0.5, 0.6) is 0 Å². The van der Waals surface area contributed by atoms with Crippen LogP contribution in [0.4, 0.5) is 20.6 Å². The number of halogens is 1. The van der Waals surface area contributed by atoms with Gasteiger partial charge in [0.05, 0.1) is 26.0 Å². The number of nitrogens with zero attached hydrogens (tertiary/aromatic N) is 2. The van der Waals surface area contributed by atoms with E-state index in [-0.39, 0.29) is 19.8 Å². The molecule has 0 saturated carbocycles. The Kier molecular flexibility index (Phi) is 5.11. The molecule has 1 aromatic carbocycles. The molecule has 0 aromatic heterocycles. The van der Waals surface area contributed by atoms with Crippen molar-refractivity contribution in [3.8, 4) is 0 Å². The van der Waals surface area contributed by atoms with Gasteiger partial charge in [0.15, 0.2) is 6.30 Å². The highest BCUT2D eigenvalue weighted by Crippen LogP contribution is 2.28. The Morgan fingerprint density at radius 2 is 2.12 bits per heavy atom. The van der Waals surface area contributed by atoms with Crippen molar-refractivity contribution in [3.63, 3.8) is 0 Å². The molecule has 0 aliphatic carbocycles. The summed E-state index contributed by atoms with van der Waals surface area (Å²) in [4.78, 5) is 15.0. The van der Waals surface area contributed by atoms with Gasteiger partial charge >= 0.3 is 6.09 Å². The molecule has 138 valence electrons. The number of ether oxygens (including phenoxy) is 2. The zero-order chi connectivity index (χ0) is 18.0. The number of hydrogen-bond donors (Lipinski definition) is 0. The number of carbonyl (C=O) groups excluding carboxylic acids is 1. The maximum atomic E-state index is 14.0. The van der Waals surface area contributed by atoms with Gasteiger partial charge in [-0.1, -0.05) is 6.07 Å². The number of morpholine rings is 1. The first-order valence-electron chi connectivity index (χ1n) is 7.74. The monoisotopic (exact) mass is 374 g/mol. The van der Waals surface area contributed by atoms with E-state index in [1.807, 2.05) is 0 Å². The van der Waals surface area contributed by atoms with Crippen LogP contribution < -0.4 is 9.80 Å². The molecule has 0 N–H and O–H groups in total. The molecule has 1 aromatic rings. The van der Waals surface area contributed by atoms with Crippen molar-refractivity contribution in [1.29, 1.82) is 0 Å². The highest BCUT2D eigenvalue weighted by molar-refractivity contribution is 7.85. The lowest BCUT2D eigenvalue weighted by atomic mass is 10.2. The first kappa shape index (κ1) is 17.9. The van der Waals surface area contributed by atoms with Gasteiger partial charge in [-0.15, -0.1) is 0 Å². The Morgan fingerprint density at radius 1 is 1.36 bits per heavy atom. The van der Waals surface area contributed by atoms with Crippen molar-refractivity contribution < 1.29 is 31.3 Å². The van der Waals surface area contributed by atoms with Crippen molar-refractivity contribution in [1.82, 2.24) is 0 Å². The lowest BCUT2D eigenvalue weighted by molar-refractivity contribution is 0.0497. The highest BCUT2D eigenvalue weighted by Gasteiger charge is 2.33. The predicted octanol–water partition coefficient (Wildman–Crippen LogP) is 1.12. The number of anilines is 2. The second kappa shape index (κ2) is 7.14. The second-order valence-corrected chi connectivity index (χ2v) is 7.47. The molecule has 2 heterocycles. The number of carbonyl (C=O) groups is 1. The summed E-state index contributed by atoms with van der Waals surface area (Å²) in [7, 11) is -3.61. The number of rotatable bonds is 5. The van der Waals surface area contributed by atoms with Crippen molar-refractivity contribution in [2.45, 2.75) is 12.4 Å². The second-order valence-electron chi connectivity index (χ2n) is 5.83. The molecule has 2 saturated heterocycles. The van der Waals surface area contributed by atoms with Crippen molar-refractivity contribution in [3.05, 3.63) is 24.3 Å². The number of alkyl halides is 1. The Bertz CT molecular complexity index is 743. The number of amides is 1. The van der Waals surface area contributed by atoms with Crippen LogP contribution in [0.3, 0.4) is 0 Å². The van der Waals surface area contributed by atoms with Crippen LogP contribution in [0, 0.1) is 0 Å². The van der Waals surface area contributed by atoms with E-state index in [9.17, 15) is 17.6 Å². The molecular formula is C15H19FN2O6S. The van der Waals surface area contributed by atoms with Gasteiger partial charge in [-0.3, -0.25) is 9.08 Å². The van der Waals surface area contributed by atoms with Crippen LogP contribution in [-0.2, 0) is 23.8 Å².